The monoisotopic (exact) mass is 284 g/mol. The average molecular weight is 284 g/mol. The molecule has 7 nitrogen and oxygen atoms in total. The molecule has 0 aromatic heterocycles. The highest BCUT2D eigenvalue weighted by Gasteiger charge is 2.26. The van der Waals surface area contributed by atoms with Gasteiger partial charge in [0.2, 0.25) is 0 Å². The molecular formula is C13H16O7. The van der Waals surface area contributed by atoms with Crippen molar-refractivity contribution in [1.82, 2.24) is 0 Å². The van der Waals surface area contributed by atoms with Crippen LogP contribution < -0.4 is 9.47 Å². The number of aliphatic hydroxyl groups excluding tert-OH is 1. The molecule has 7 heteroatoms. The maximum Gasteiger partial charge on any atom is 0.339 e. The molecule has 1 unspecified atom stereocenters. The van der Waals surface area contributed by atoms with Crippen molar-refractivity contribution in [2.24, 2.45) is 0 Å². The van der Waals surface area contributed by atoms with Crippen LogP contribution in [-0.2, 0) is 9.53 Å². The fourth-order valence-corrected chi connectivity index (χ4v) is 1.67. The van der Waals surface area contributed by atoms with Crippen LogP contribution in [0.4, 0.5) is 0 Å². The number of esters is 1. The Morgan fingerprint density at radius 3 is 2.35 bits per heavy atom. The van der Waals surface area contributed by atoms with Crippen LogP contribution in [0.2, 0.25) is 0 Å². The Morgan fingerprint density at radius 1 is 1.25 bits per heavy atom. The maximum atomic E-state index is 11.6. The summed E-state index contributed by atoms with van der Waals surface area (Å²) in [4.78, 5) is 22.6. The number of aromatic carboxylic acids is 1. The zero-order valence-corrected chi connectivity index (χ0v) is 11.4. The zero-order chi connectivity index (χ0) is 15.3. The number of rotatable bonds is 6. The standard InChI is InChI=1S/C13H16O7/c1-4-20-13(17)10(14)8-5-7(12(15)16)6-9(18-2)11(8)19-3/h5-6,10,14H,4H2,1-3H3,(H,15,16). The molecule has 1 rings (SSSR count). The third kappa shape index (κ3) is 3.18. The predicted octanol–water partition coefficient (Wildman–Crippen LogP) is 0.999. The molecule has 0 saturated heterocycles. The molecule has 0 saturated carbocycles. The van der Waals surface area contributed by atoms with Crippen LogP contribution in [0.1, 0.15) is 28.9 Å². The highest BCUT2D eigenvalue weighted by atomic mass is 16.5. The molecule has 0 aliphatic rings. The van der Waals surface area contributed by atoms with Crippen LogP contribution in [0.25, 0.3) is 0 Å². The lowest BCUT2D eigenvalue weighted by Crippen LogP contribution is -2.17. The van der Waals surface area contributed by atoms with Gasteiger partial charge in [-0.05, 0) is 19.1 Å². The van der Waals surface area contributed by atoms with Crippen molar-refractivity contribution in [2.75, 3.05) is 20.8 Å². The first kappa shape index (κ1) is 15.8. The third-order valence-electron chi connectivity index (χ3n) is 2.56. The van der Waals surface area contributed by atoms with Crippen LogP contribution in [0.3, 0.4) is 0 Å². The molecule has 0 fully saturated rings. The van der Waals surface area contributed by atoms with Gasteiger partial charge in [0.25, 0.3) is 0 Å². The lowest BCUT2D eigenvalue weighted by molar-refractivity contribution is -0.153. The molecule has 1 atom stereocenters. The molecular weight excluding hydrogens is 268 g/mol. The van der Waals surface area contributed by atoms with Gasteiger partial charge in [-0.25, -0.2) is 9.59 Å². The molecule has 0 aliphatic carbocycles. The van der Waals surface area contributed by atoms with E-state index in [1.165, 1.54) is 20.3 Å². The first-order chi connectivity index (χ1) is 9.46. The average Bonchev–Trinajstić information content (AvgIpc) is 2.44. The van der Waals surface area contributed by atoms with Gasteiger partial charge in [-0.1, -0.05) is 0 Å². The van der Waals surface area contributed by atoms with Crippen LogP contribution in [-0.4, -0.2) is 43.0 Å². The quantitative estimate of drug-likeness (QED) is 0.751. The summed E-state index contributed by atoms with van der Waals surface area (Å²) in [5.41, 5.74) is -0.163. The van der Waals surface area contributed by atoms with Gasteiger partial charge in [-0.3, -0.25) is 0 Å². The Balaban J connectivity index is 3.37. The molecule has 0 bridgehead atoms. The number of hydrogen-bond donors (Lipinski definition) is 2. The number of benzene rings is 1. The van der Waals surface area contributed by atoms with Gasteiger partial charge in [0, 0.05) is 5.56 Å². The maximum absolute atomic E-state index is 11.6. The van der Waals surface area contributed by atoms with Crippen molar-refractivity contribution in [1.29, 1.82) is 0 Å². The topological polar surface area (TPSA) is 102 Å². The summed E-state index contributed by atoms with van der Waals surface area (Å²) in [6.45, 7) is 1.68. The molecule has 110 valence electrons. The van der Waals surface area contributed by atoms with Gasteiger partial charge < -0.3 is 24.4 Å². The van der Waals surface area contributed by atoms with Crippen molar-refractivity contribution >= 4 is 11.9 Å². The molecule has 20 heavy (non-hydrogen) atoms. The van der Waals surface area contributed by atoms with Gasteiger partial charge in [-0.15, -0.1) is 0 Å². The lowest BCUT2D eigenvalue weighted by Gasteiger charge is -2.17. The van der Waals surface area contributed by atoms with E-state index >= 15 is 0 Å². The van der Waals surface area contributed by atoms with Gasteiger partial charge in [0.15, 0.2) is 17.6 Å². The molecule has 0 heterocycles. The minimum Gasteiger partial charge on any atom is -0.493 e. The van der Waals surface area contributed by atoms with E-state index in [0.717, 1.165) is 6.07 Å². The Labute approximate surface area is 115 Å². The molecule has 1 aromatic rings. The summed E-state index contributed by atoms with van der Waals surface area (Å²) >= 11 is 0. The molecule has 0 aliphatic heterocycles. The number of methoxy groups -OCH3 is 2. The first-order valence-corrected chi connectivity index (χ1v) is 5.80. The van der Waals surface area contributed by atoms with E-state index in [2.05, 4.69) is 0 Å². The third-order valence-corrected chi connectivity index (χ3v) is 2.56. The summed E-state index contributed by atoms with van der Waals surface area (Å²) in [5, 5.41) is 19.0. The second-order valence-corrected chi connectivity index (χ2v) is 3.76. The zero-order valence-electron chi connectivity index (χ0n) is 11.4. The van der Waals surface area contributed by atoms with E-state index in [-0.39, 0.29) is 29.2 Å². The van der Waals surface area contributed by atoms with Crippen LogP contribution in [0, 0.1) is 0 Å². The summed E-state index contributed by atoms with van der Waals surface area (Å²) < 4.78 is 14.8. The van der Waals surface area contributed by atoms with Crippen LogP contribution in [0.15, 0.2) is 12.1 Å². The number of carboxylic acid groups (broad SMARTS) is 1. The van der Waals surface area contributed by atoms with Crippen molar-refractivity contribution in [3.05, 3.63) is 23.3 Å². The fraction of sp³-hybridized carbons (Fsp3) is 0.385. The summed E-state index contributed by atoms with van der Waals surface area (Å²) in [7, 11) is 2.64. The predicted molar refractivity (Wildman–Crippen MR) is 68.1 cm³/mol. The Hall–Kier alpha value is -2.28. The number of carboxylic acids is 1. The molecule has 0 amide bonds. The van der Waals surface area contributed by atoms with E-state index < -0.39 is 18.0 Å². The number of carbonyl (C=O) groups is 2. The van der Waals surface area contributed by atoms with Gasteiger partial charge >= 0.3 is 11.9 Å². The van der Waals surface area contributed by atoms with E-state index in [0.29, 0.717) is 0 Å². The first-order valence-electron chi connectivity index (χ1n) is 5.80. The number of ether oxygens (including phenoxy) is 3. The summed E-state index contributed by atoms with van der Waals surface area (Å²) in [6.07, 6.45) is -1.65. The van der Waals surface area contributed by atoms with Gasteiger partial charge in [0.1, 0.15) is 0 Å². The van der Waals surface area contributed by atoms with Crippen LogP contribution in [0.5, 0.6) is 11.5 Å². The Morgan fingerprint density at radius 2 is 1.90 bits per heavy atom. The smallest absolute Gasteiger partial charge is 0.339 e. The highest BCUT2D eigenvalue weighted by molar-refractivity contribution is 5.90. The van der Waals surface area contributed by atoms with Crippen LogP contribution >= 0.6 is 0 Å². The lowest BCUT2D eigenvalue weighted by atomic mass is 10.0. The fourth-order valence-electron chi connectivity index (χ4n) is 1.67. The van der Waals surface area contributed by atoms with E-state index in [9.17, 15) is 14.7 Å². The van der Waals surface area contributed by atoms with Crippen molar-refractivity contribution in [2.45, 2.75) is 13.0 Å². The van der Waals surface area contributed by atoms with E-state index in [1.807, 2.05) is 0 Å². The molecule has 2 N–H and O–H groups in total. The second kappa shape index (κ2) is 6.76. The van der Waals surface area contributed by atoms with Crippen molar-refractivity contribution in [3.63, 3.8) is 0 Å². The van der Waals surface area contributed by atoms with Crippen molar-refractivity contribution in [3.8, 4) is 11.5 Å². The Bertz CT molecular complexity index is 510. The van der Waals surface area contributed by atoms with Gasteiger partial charge in [-0.2, -0.15) is 0 Å². The summed E-state index contributed by atoms with van der Waals surface area (Å²) in [6, 6.07) is 2.38. The molecule has 0 spiro atoms. The second-order valence-electron chi connectivity index (χ2n) is 3.76. The minimum atomic E-state index is -1.65. The molecule has 1 aromatic carbocycles. The summed E-state index contributed by atoms with van der Waals surface area (Å²) in [5.74, 6) is -1.93. The normalized spacial score (nSPS) is 11.6. The highest BCUT2D eigenvalue weighted by Crippen LogP contribution is 2.36. The number of hydrogen-bond acceptors (Lipinski definition) is 6. The largest absolute Gasteiger partial charge is 0.493 e. The Kier molecular flexibility index (Phi) is 5.33. The number of aliphatic hydroxyl groups is 1. The van der Waals surface area contributed by atoms with E-state index in [4.69, 9.17) is 19.3 Å². The van der Waals surface area contributed by atoms with Crippen molar-refractivity contribution < 1.29 is 34.0 Å². The SMILES string of the molecule is CCOC(=O)C(O)c1cc(C(=O)O)cc(OC)c1OC. The van der Waals surface area contributed by atoms with Gasteiger partial charge in [0.05, 0.1) is 26.4 Å². The van der Waals surface area contributed by atoms with E-state index in [1.54, 1.807) is 6.92 Å². The minimum absolute atomic E-state index is 0.0253. The number of carbonyl (C=O) groups excluding carboxylic acids is 1. The molecule has 0 radical (unpaired) electrons.